The summed E-state index contributed by atoms with van der Waals surface area (Å²) in [5.74, 6) is 1.42. The van der Waals surface area contributed by atoms with Gasteiger partial charge < -0.3 is 14.8 Å². The molecule has 0 aromatic carbocycles. The van der Waals surface area contributed by atoms with E-state index >= 15 is 0 Å². The number of thiophene rings is 1. The van der Waals surface area contributed by atoms with Crippen molar-refractivity contribution in [3.05, 3.63) is 46.4 Å². The van der Waals surface area contributed by atoms with Crippen LogP contribution in [0.1, 0.15) is 30.3 Å². The quantitative estimate of drug-likeness (QED) is 0.415. The van der Waals surface area contributed by atoms with E-state index in [1.165, 1.54) is 10.6 Å². The molecule has 128 valence electrons. The zero-order valence-electron chi connectivity index (χ0n) is 14.3. The maximum absolute atomic E-state index is 4.81. The van der Waals surface area contributed by atoms with E-state index in [1.807, 2.05) is 0 Å². The van der Waals surface area contributed by atoms with Crippen molar-refractivity contribution < 1.29 is 0 Å². The van der Waals surface area contributed by atoms with Crippen LogP contribution in [-0.4, -0.2) is 35.6 Å². The minimum absolute atomic E-state index is 0. The van der Waals surface area contributed by atoms with E-state index in [2.05, 4.69) is 78.6 Å². The first-order chi connectivity index (χ1) is 10.6. The molecule has 2 heterocycles. The van der Waals surface area contributed by atoms with Crippen LogP contribution in [-0.2, 0) is 13.6 Å². The van der Waals surface area contributed by atoms with Crippen LogP contribution >= 0.6 is 35.3 Å². The van der Waals surface area contributed by atoms with Crippen molar-refractivity contribution in [2.75, 3.05) is 20.1 Å². The summed E-state index contributed by atoms with van der Waals surface area (Å²) in [4.78, 5) is 8.38. The molecule has 2 aromatic rings. The Labute approximate surface area is 160 Å². The van der Waals surface area contributed by atoms with Gasteiger partial charge in [0.05, 0.1) is 13.1 Å². The predicted molar refractivity (Wildman–Crippen MR) is 111 cm³/mol. The molecule has 0 radical (unpaired) electrons. The maximum atomic E-state index is 4.81. The van der Waals surface area contributed by atoms with E-state index in [-0.39, 0.29) is 24.0 Å². The summed E-state index contributed by atoms with van der Waals surface area (Å²) < 4.78 is 2.15. The number of aromatic nitrogens is 1. The summed E-state index contributed by atoms with van der Waals surface area (Å²) in [5.41, 5.74) is 1.28. The van der Waals surface area contributed by atoms with Crippen LogP contribution in [0.25, 0.3) is 0 Å². The SMILES string of the molecule is CCNC(=NCC(C)c1cccs1)N(C)Cc1cccn1C.I. The van der Waals surface area contributed by atoms with Crippen LogP contribution in [0, 0.1) is 0 Å². The molecule has 0 fully saturated rings. The van der Waals surface area contributed by atoms with Gasteiger partial charge in [0.2, 0.25) is 0 Å². The average Bonchev–Trinajstić information content (AvgIpc) is 3.15. The summed E-state index contributed by atoms with van der Waals surface area (Å²) in [6.45, 7) is 6.87. The van der Waals surface area contributed by atoms with E-state index in [1.54, 1.807) is 11.3 Å². The minimum Gasteiger partial charge on any atom is -0.357 e. The van der Waals surface area contributed by atoms with Gasteiger partial charge in [-0.05, 0) is 30.5 Å². The van der Waals surface area contributed by atoms with Crippen molar-refractivity contribution in [1.82, 2.24) is 14.8 Å². The highest BCUT2D eigenvalue weighted by Crippen LogP contribution is 2.20. The van der Waals surface area contributed by atoms with Crippen molar-refractivity contribution in [3.63, 3.8) is 0 Å². The largest absolute Gasteiger partial charge is 0.357 e. The van der Waals surface area contributed by atoms with E-state index in [0.29, 0.717) is 5.92 Å². The van der Waals surface area contributed by atoms with Gasteiger partial charge >= 0.3 is 0 Å². The van der Waals surface area contributed by atoms with Crippen LogP contribution in [0.15, 0.2) is 40.8 Å². The highest BCUT2D eigenvalue weighted by atomic mass is 127. The lowest BCUT2D eigenvalue weighted by molar-refractivity contribution is 0.461. The number of hydrogen-bond acceptors (Lipinski definition) is 2. The number of aryl methyl sites for hydroxylation is 1. The zero-order chi connectivity index (χ0) is 15.9. The van der Waals surface area contributed by atoms with Gasteiger partial charge in [0.25, 0.3) is 0 Å². The molecule has 0 bridgehead atoms. The van der Waals surface area contributed by atoms with E-state index < -0.39 is 0 Å². The van der Waals surface area contributed by atoms with Crippen molar-refractivity contribution >= 4 is 41.3 Å². The molecule has 0 aliphatic rings. The summed E-state index contributed by atoms with van der Waals surface area (Å²) in [7, 11) is 4.16. The fraction of sp³-hybridized carbons (Fsp3) is 0.471. The number of rotatable bonds is 6. The predicted octanol–water partition coefficient (Wildman–Crippen LogP) is 3.91. The molecule has 0 amide bonds. The van der Waals surface area contributed by atoms with Crippen LogP contribution in [0.4, 0.5) is 0 Å². The lowest BCUT2D eigenvalue weighted by Gasteiger charge is -2.23. The number of aliphatic imine (C=N–C) groups is 1. The number of nitrogens with one attached hydrogen (secondary N) is 1. The monoisotopic (exact) mass is 446 g/mol. The molecule has 6 heteroatoms. The third-order valence-electron chi connectivity index (χ3n) is 3.69. The third kappa shape index (κ3) is 5.84. The Morgan fingerprint density at radius 1 is 1.39 bits per heavy atom. The number of nitrogens with zero attached hydrogens (tertiary/aromatic N) is 3. The van der Waals surface area contributed by atoms with Gasteiger partial charge in [0.1, 0.15) is 0 Å². The van der Waals surface area contributed by atoms with Gasteiger partial charge in [-0.25, -0.2) is 0 Å². The summed E-state index contributed by atoms with van der Waals surface area (Å²) in [6, 6.07) is 8.51. The second-order valence-electron chi connectivity index (χ2n) is 5.58. The topological polar surface area (TPSA) is 32.6 Å². The molecule has 1 N–H and O–H groups in total. The number of guanidine groups is 1. The van der Waals surface area contributed by atoms with Gasteiger partial charge in [-0.2, -0.15) is 0 Å². The first kappa shape index (κ1) is 20.0. The molecule has 0 saturated carbocycles. The van der Waals surface area contributed by atoms with Gasteiger partial charge in [0, 0.05) is 43.3 Å². The molecule has 1 atom stereocenters. The van der Waals surface area contributed by atoms with Crippen molar-refractivity contribution in [3.8, 4) is 0 Å². The van der Waals surface area contributed by atoms with E-state index in [9.17, 15) is 0 Å². The Morgan fingerprint density at radius 2 is 2.17 bits per heavy atom. The smallest absolute Gasteiger partial charge is 0.194 e. The van der Waals surface area contributed by atoms with Crippen molar-refractivity contribution in [2.45, 2.75) is 26.3 Å². The normalized spacial score (nSPS) is 12.6. The molecule has 2 rings (SSSR count). The molecule has 4 nitrogen and oxygen atoms in total. The third-order valence-corrected chi connectivity index (χ3v) is 4.79. The molecule has 0 aliphatic carbocycles. The molecule has 1 unspecified atom stereocenters. The fourth-order valence-electron chi connectivity index (χ4n) is 2.33. The minimum atomic E-state index is 0. The summed E-state index contributed by atoms with van der Waals surface area (Å²) in [6.07, 6.45) is 2.08. The molecule has 23 heavy (non-hydrogen) atoms. The van der Waals surface area contributed by atoms with Gasteiger partial charge in [0.15, 0.2) is 5.96 Å². The van der Waals surface area contributed by atoms with E-state index in [4.69, 9.17) is 4.99 Å². The standard InChI is InChI=1S/C17H26N4S.HI/c1-5-18-17(19-12-14(2)16-9-7-11-22-16)21(4)13-15-8-6-10-20(15)3;/h6-11,14H,5,12-13H2,1-4H3,(H,18,19);1H. The van der Waals surface area contributed by atoms with Crippen LogP contribution in [0.2, 0.25) is 0 Å². The molecule has 0 aliphatic heterocycles. The van der Waals surface area contributed by atoms with Crippen molar-refractivity contribution in [1.29, 1.82) is 0 Å². The zero-order valence-corrected chi connectivity index (χ0v) is 17.5. The summed E-state index contributed by atoms with van der Waals surface area (Å²) in [5, 5.41) is 5.51. The maximum Gasteiger partial charge on any atom is 0.194 e. The van der Waals surface area contributed by atoms with Crippen LogP contribution in [0.3, 0.4) is 0 Å². The Hall–Kier alpha value is -1.02. The second kappa shape index (κ2) is 9.97. The van der Waals surface area contributed by atoms with Crippen LogP contribution in [0.5, 0.6) is 0 Å². The van der Waals surface area contributed by atoms with Crippen LogP contribution < -0.4 is 5.32 Å². The number of hydrogen-bond donors (Lipinski definition) is 1. The first-order valence-corrected chi connectivity index (χ1v) is 8.62. The fourth-order valence-corrected chi connectivity index (χ4v) is 3.11. The molecular weight excluding hydrogens is 419 g/mol. The Morgan fingerprint density at radius 3 is 2.74 bits per heavy atom. The Balaban J connectivity index is 0.00000264. The highest BCUT2D eigenvalue weighted by molar-refractivity contribution is 14.0. The Kier molecular flexibility index (Phi) is 8.68. The highest BCUT2D eigenvalue weighted by Gasteiger charge is 2.10. The van der Waals surface area contributed by atoms with Gasteiger partial charge in [-0.3, -0.25) is 4.99 Å². The average molecular weight is 446 g/mol. The van der Waals surface area contributed by atoms with Gasteiger partial charge in [-0.15, -0.1) is 35.3 Å². The number of halogens is 1. The lowest BCUT2D eigenvalue weighted by atomic mass is 10.1. The lowest BCUT2D eigenvalue weighted by Crippen LogP contribution is -2.39. The molecule has 0 spiro atoms. The van der Waals surface area contributed by atoms with Gasteiger partial charge in [-0.1, -0.05) is 13.0 Å². The van der Waals surface area contributed by atoms with Crippen molar-refractivity contribution in [2.24, 2.45) is 12.0 Å². The molecular formula is C17H27IN4S. The second-order valence-corrected chi connectivity index (χ2v) is 6.56. The summed E-state index contributed by atoms with van der Waals surface area (Å²) >= 11 is 1.80. The molecule has 0 saturated heterocycles. The Bertz CT molecular complexity index is 592. The first-order valence-electron chi connectivity index (χ1n) is 7.74. The van der Waals surface area contributed by atoms with E-state index in [0.717, 1.165) is 25.6 Å². The molecule has 2 aromatic heterocycles.